The third kappa shape index (κ3) is 3.50. The number of hydrogen-bond donors (Lipinski definition) is 1. The van der Waals surface area contributed by atoms with E-state index in [4.69, 9.17) is 4.74 Å². The van der Waals surface area contributed by atoms with Crippen molar-refractivity contribution in [3.8, 4) is 5.75 Å². The van der Waals surface area contributed by atoms with Crippen molar-refractivity contribution in [3.05, 3.63) is 24.3 Å². The maximum Gasteiger partial charge on any atom is 0.242 e. The van der Waals surface area contributed by atoms with Crippen molar-refractivity contribution in [3.63, 3.8) is 0 Å². The standard InChI is InChI=1S/C14H22N2O3S/c1-16(11-12-5-3-4-10-15-12)20(17,18)14-8-6-13(19-2)7-9-14/h6-9,12,15H,3-5,10-11H2,1-2H3. The van der Waals surface area contributed by atoms with Gasteiger partial charge in [-0.2, -0.15) is 4.31 Å². The first-order valence-electron chi connectivity index (χ1n) is 6.88. The second-order valence-electron chi connectivity index (χ2n) is 5.11. The Hall–Kier alpha value is -1.11. The molecule has 1 saturated heterocycles. The van der Waals surface area contributed by atoms with Gasteiger partial charge in [0.2, 0.25) is 10.0 Å². The zero-order valence-electron chi connectivity index (χ0n) is 12.0. The average molecular weight is 298 g/mol. The van der Waals surface area contributed by atoms with Crippen LogP contribution in [0.15, 0.2) is 29.2 Å². The van der Waals surface area contributed by atoms with Crippen LogP contribution in [0.3, 0.4) is 0 Å². The van der Waals surface area contributed by atoms with Crippen molar-refractivity contribution in [2.45, 2.75) is 30.2 Å². The molecular weight excluding hydrogens is 276 g/mol. The molecule has 0 bridgehead atoms. The normalized spacial score (nSPS) is 20.1. The molecule has 5 nitrogen and oxygen atoms in total. The fraction of sp³-hybridized carbons (Fsp3) is 0.571. The monoisotopic (exact) mass is 298 g/mol. The van der Waals surface area contributed by atoms with E-state index < -0.39 is 10.0 Å². The molecule has 1 aliphatic heterocycles. The number of nitrogens with one attached hydrogen (secondary N) is 1. The number of ether oxygens (including phenoxy) is 1. The van der Waals surface area contributed by atoms with Crippen molar-refractivity contribution >= 4 is 10.0 Å². The molecular formula is C14H22N2O3S. The van der Waals surface area contributed by atoms with Gasteiger partial charge in [0.25, 0.3) is 0 Å². The summed E-state index contributed by atoms with van der Waals surface area (Å²) in [5.41, 5.74) is 0. The molecule has 0 amide bonds. The predicted octanol–water partition coefficient (Wildman–Crippen LogP) is 1.46. The largest absolute Gasteiger partial charge is 0.497 e. The minimum Gasteiger partial charge on any atom is -0.497 e. The fourth-order valence-corrected chi connectivity index (χ4v) is 3.63. The van der Waals surface area contributed by atoms with Crippen molar-refractivity contribution in [2.75, 3.05) is 27.2 Å². The van der Waals surface area contributed by atoms with Crippen LogP contribution >= 0.6 is 0 Å². The van der Waals surface area contributed by atoms with Gasteiger partial charge in [-0.15, -0.1) is 0 Å². The molecule has 1 atom stereocenters. The lowest BCUT2D eigenvalue weighted by molar-refractivity contribution is 0.337. The Labute approximate surface area is 121 Å². The van der Waals surface area contributed by atoms with Crippen LogP contribution in [0.4, 0.5) is 0 Å². The van der Waals surface area contributed by atoms with Crippen molar-refractivity contribution < 1.29 is 13.2 Å². The average Bonchev–Trinajstić information content (AvgIpc) is 2.48. The van der Waals surface area contributed by atoms with Gasteiger partial charge < -0.3 is 10.1 Å². The molecule has 1 aromatic rings. The van der Waals surface area contributed by atoms with Gasteiger partial charge in [-0.3, -0.25) is 0 Å². The number of hydrogen-bond acceptors (Lipinski definition) is 4. The van der Waals surface area contributed by atoms with E-state index in [1.54, 1.807) is 38.4 Å². The molecule has 1 aliphatic rings. The van der Waals surface area contributed by atoms with Gasteiger partial charge in [-0.05, 0) is 43.7 Å². The summed E-state index contributed by atoms with van der Waals surface area (Å²) in [5.74, 6) is 0.653. The van der Waals surface area contributed by atoms with Crippen molar-refractivity contribution in [1.29, 1.82) is 0 Å². The fourth-order valence-electron chi connectivity index (χ4n) is 2.42. The second kappa shape index (κ2) is 6.56. The van der Waals surface area contributed by atoms with Gasteiger partial charge in [0.05, 0.1) is 12.0 Å². The molecule has 0 aliphatic carbocycles. The molecule has 0 radical (unpaired) electrons. The molecule has 6 heteroatoms. The lowest BCUT2D eigenvalue weighted by Crippen LogP contribution is -2.44. The van der Waals surface area contributed by atoms with E-state index in [1.165, 1.54) is 10.7 Å². The minimum absolute atomic E-state index is 0.252. The summed E-state index contributed by atoms with van der Waals surface area (Å²) in [6.07, 6.45) is 3.36. The highest BCUT2D eigenvalue weighted by molar-refractivity contribution is 7.89. The maximum atomic E-state index is 12.5. The molecule has 20 heavy (non-hydrogen) atoms. The minimum atomic E-state index is -3.43. The molecule has 1 unspecified atom stereocenters. The van der Waals surface area contributed by atoms with E-state index in [2.05, 4.69) is 5.32 Å². The lowest BCUT2D eigenvalue weighted by atomic mass is 10.1. The molecule has 0 spiro atoms. The molecule has 112 valence electrons. The highest BCUT2D eigenvalue weighted by Crippen LogP contribution is 2.19. The Morgan fingerprint density at radius 1 is 1.30 bits per heavy atom. The summed E-state index contributed by atoms with van der Waals surface area (Å²) < 4.78 is 31.4. The number of sulfonamides is 1. The van der Waals surface area contributed by atoms with Gasteiger partial charge in [-0.25, -0.2) is 8.42 Å². The van der Waals surface area contributed by atoms with Crippen LogP contribution in [0.25, 0.3) is 0 Å². The Morgan fingerprint density at radius 3 is 2.55 bits per heavy atom. The maximum absolute atomic E-state index is 12.5. The van der Waals surface area contributed by atoms with E-state index in [-0.39, 0.29) is 6.04 Å². The quantitative estimate of drug-likeness (QED) is 0.894. The first-order valence-corrected chi connectivity index (χ1v) is 8.32. The Kier molecular flexibility index (Phi) is 5.01. The molecule has 0 aromatic heterocycles. The number of likely N-dealkylation sites (N-methyl/N-ethyl adjacent to an activating group) is 1. The Bertz CT molecular complexity index is 522. The van der Waals surface area contributed by atoms with E-state index in [0.29, 0.717) is 17.2 Å². The highest BCUT2D eigenvalue weighted by atomic mass is 32.2. The van der Waals surface area contributed by atoms with Crippen LogP contribution in [0.1, 0.15) is 19.3 Å². The summed E-state index contributed by atoms with van der Waals surface area (Å²) >= 11 is 0. The number of methoxy groups -OCH3 is 1. The number of rotatable bonds is 5. The molecule has 1 N–H and O–H groups in total. The number of benzene rings is 1. The zero-order chi connectivity index (χ0) is 14.6. The summed E-state index contributed by atoms with van der Waals surface area (Å²) in [6.45, 7) is 1.48. The van der Waals surface area contributed by atoms with Gasteiger partial charge in [-0.1, -0.05) is 6.42 Å². The van der Waals surface area contributed by atoms with Crippen LogP contribution < -0.4 is 10.1 Å². The van der Waals surface area contributed by atoms with E-state index in [1.807, 2.05) is 0 Å². The number of nitrogens with zero attached hydrogens (tertiary/aromatic N) is 1. The van der Waals surface area contributed by atoms with E-state index >= 15 is 0 Å². The lowest BCUT2D eigenvalue weighted by Gasteiger charge is -2.27. The predicted molar refractivity (Wildman–Crippen MR) is 78.5 cm³/mol. The van der Waals surface area contributed by atoms with Crippen LogP contribution in [0.2, 0.25) is 0 Å². The summed E-state index contributed by atoms with van der Waals surface area (Å²) in [7, 11) is -0.231. The Balaban J connectivity index is 2.07. The van der Waals surface area contributed by atoms with Gasteiger partial charge in [0.15, 0.2) is 0 Å². The smallest absolute Gasteiger partial charge is 0.242 e. The van der Waals surface area contributed by atoms with Gasteiger partial charge in [0, 0.05) is 19.6 Å². The van der Waals surface area contributed by atoms with Crippen LogP contribution in [-0.2, 0) is 10.0 Å². The molecule has 1 aromatic carbocycles. The van der Waals surface area contributed by atoms with Crippen LogP contribution in [-0.4, -0.2) is 46.0 Å². The van der Waals surface area contributed by atoms with Gasteiger partial charge >= 0.3 is 0 Å². The molecule has 0 saturated carbocycles. The van der Waals surface area contributed by atoms with Crippen molar-refractivity contribution in [1.82, 2.24) is 9.62 Å². The second-order valence-corrected chi connectivity index (χ2v) is 7.15. The first-order chi connectivity index (χ1) is 9.54. The third-order valence-electron chi connectivity index (χ3n) is 3.66. The number of piperidine rings is 1. The Morgan fingerprint density at radius 2 is 2.00 bits per heavy atom. The van der Waals surface area contributed by atoms with E-state index in [9.17, 15) is 8.42 Å². The topological polar surface area (TPSA) is 58.6 Å². The first kappa shape index (κ1) is 15.3. The molecule has 2 rings (SSSR count). The van der Waals surface area contributed by atoms with Crippen LogP contribution in [0, 0.1) is 0 Å². The molecule has 1 heterocycles. The zero-order valence-corrected chi connectivity index (χ0v) is 12.8. The molecule has 1 fully saturated rings. The SMILES string of the molecule is COc1ccc(S(=O)(=O)N(C)CC2CCCCN2)cc1. The third-order valence-corrected chi connectivity index (χ3v) is 5.50. The van der Waals surface area contributed by atoms with Crippen LogP contribution in [0.5, 0.6) is 5.75 Å². The summed E-state index contributed by atoms with van der Waals surface area (Å²) in [6, 6.07) is 6.75. The summed E-state index contributed by atoms with van der Waals surface area (Å²) in [5, 5.41) is 3.37. The van der Waals surface area contributed by atoms with Gasteiger partial charge in [0.1, 0.15) is 5.75 Å². The van der Waals surface area contributed by atoms with E-state index in [0.717, 1.165) is 19.4 Å². The summed E-state index contributed by atoms with van der Waals surface area (Å²) in [4.78, 5) is 0.302. The van der Waals surface area contributed by atoms with Crippen molar-refractivity contribution in [2.24, 2.45) is 0 Å². The highest BCUT2D eigenvalue weighted by Gasteiger charge is 2.24.